The summed E-state index contributed by atoms with van der Waals surface area (Å²) in [5.74, 6) is 1.52. The molecule has 32 heavy (non-hydrogen) atoms. The van der Waals surface area contributed by atoms with Gasteiger partial charge >= 0.3 is 0 Å². The number of benzene rings is 2. The second-order valence-electron chi connectivity index (χ2n) is 9.22. The van der Waals surface area contributed by atoms with Gasteiger partial charge in [0.25, 0.3) is 0 Å². The number of rotatable bonds is 7. The van der Waals surface area contributed by atoms with Gasteiger partial charge in [-0.15, -0.1) is 10.2 Å². The molecule has 6 heteroatoms. The number of unbranched alkanes of at least 4 members (excludes halogenated alkanes) is 3. The van der Waals surface area contributed by atoms with Crippen molar-refractivity contribution in [2.75, 3.05) is 11.1 Å². The summed E-state index contributed by atoms with van der Waals surface area (Å²) < 4.78 is 6.40. The van der Waals surface area contributed by atoms with E-state index in [0.717, 1.165) is 29.0 Å². The van der Waals surface area contributed by atoms with Crippen LogP contribution in [-0.2, 0) is 5.41 Å². The Morgan fingerprint density at radius 2 is 1.75 bits per heavy atom. The van der Waals surface area contributed by atoms with Gasteiger partial charge in [0.2, 0.25) is 11.0 Å². The molecular weight excluding hydrogens is 416 g/mol. The molecule has 0 spiro atoms. The molecule has 0 amide bonds. The third kappa shape index (κ3) is 5.23. The maximum atomic E-state index is 6.40. The summed E-state index contributed by atoms with van der Waals surface area (Å²) in [7, 11) is 0. The van der Waals surface area contributed by atoms with E-state index >= 15 is 0 Å². The second kappa shape index (κ2) is 9.90. The number of nitrogens with zero attached hydrogens (tertiary/aromatic N) is 3. The Morgan fingerprint density at radius 3 is 2.50 bits per heavy atom. The van der Waals surface area contributed by atoms with E-state index in [0.29, 0.717) is 16.7 Å². The standard InChI is InChI=1S/C26H32N4OS/c1-5-6-7-10-17-32-25-28-24-22(29-30-25)20-11-8-9-12-21(20)27-23(31-24)18-13-15-19(16-14-18)26(2,3)4/h8-9,11-16,23,27H,5-7,10,17H2,1-4H3. The summed E-state index contributed by atoms with van der Waals surface area (Å²) in [6.07, 6.45) is 4.55. The van der Waals surface area contributed by atoms with Crippen LogP contribution in [0, 0.1) is 0 Å². The molecule has 4 rings (SSSR count). The molecule has 168 valence electrons. The Hall–Kier alpha value is -2.60. The van der Waals surface area contributed by atoms with Gasteiger partial charge in [0.1, 0.15) is 0 Å². The molecule has 1 N–H and O–H groups in total. The van der Waals surface area contributed by atoms with Gasteiger partial charge in [0.15, 0.2) is 11.9 Å². The zero-order chi connectivity index (χ0) is 22.6. The smallest absolute Gasteiger partial charge is 0.247 e. The minimum Gasteiger partial charge on any atom is -0.448 e. The molecule has 2 aromatic carbocycles. The van der Waals surface area contributed by atoms with Gasteiger partial charge in [-0.25, -0.2) is 0 Å². The Kier molecular flexibility index (Phi) is 6.99. The molecule has 2 heterocycles. The number of hydrogen-bond donors (Lipinski definition) is 1. The summed E-state index contributed by atoms with van der Waals surface area (Å²) in [5, 5.41) is 13.1. The number of ether oxygens (including phenoxy) is 1. The Morgan fingerprint density at radius 1 is 0.969 bits per heavy atom. The van der Waals surface area contributed by atoms with Crippen LogP contribution in [0.25, 0.3) is 11.3 Å². The summed E-state index contributed by atoms with van der Waals surface area (Å²) in [6.45, 7) is 8.89. The maximum Gasteiger partial charge on any atom is 0.247 e. The van der Waals surface area contributed by atoms with Crippen LogP contribution in [0.5, 0.6) is 5.88 Å². The third-order valence-corrected chi connectivity index (χ3v) is 6.57. The van der Waals surface area contributed by atoms with Crippen LogP contribution >= 0.6 is 11.8 Å². The molecule has 0 saturated carbocycles. The molecule has 1 unspecified atom stereocenters. The maximum absolute atomic E-state index is 6.40. The molecule has 3 aromatic rings. The number of nitrogens with one attached hydrogen (secondary N) is 1. The molecule has 0 bridgehead atoms. The van der Waals surface area contributed by atoms with E-state index < -0.39 is 0 Å². The number of aromatic nitrogens is 3. The van der Waals surface area contributed by atoms with E-state index in [-0.39, 0.29) is 11.6 Å². The summed E-state index contributed by atoms with van der Waals surface area (Å²) in [5.41, 5.74) is 5.05. The van der Waals surface area contributed by atoms with Gasteiger partial charge in [-0.3, -0.25) is 0 Å². The van der Waals surface area contributed by atoms with E-state index in [4.69, 9.17) is 9.72 Å². The molecule has 0 radical (unpaired) electrons. The Labute approximate surface area is 195 Å². The van der Waals surface area contributed by atoms with Gasteiger partial charge < -0.3 is 10.1 Å². The van der Waals surface area contributed by atoms with E-state index in [1.165, 1.54) is 24.8 Å². The lowest BCUT2D eigenvalue weighted by atomic mass is 9.86. The zero-order valence-electron chi connectivity index (χ0n) is 19.4. The molecule has 1 aromatic heterocycles. The van der Waals surface area contributed by atoms with Crippen molar-refractivity contribution in [1.29, 1.82) is 0 Å². The normalized spacial score (nSPS) is 15.2. The minimum atomic E-state index is -0.356. The van der Waals surface area contributed by atoms with Crippen molar-refractivity contribution in [3.05, 3.63) is 59.7 Å². The molecule has 1 aliphatic heterocycles. The highest BCUT2D eigenvalue weighted by Gasteiger charge is 2.26. The second-order valence-corrected chi connectivity index (χ2v) is 10.3. The Bertz CT molecular complexity index is 1050. The van der Waals surface area contributed by atoms with Crippen molar-refractivity contribution in [3.8, 4) is 17.1 Å². The lowest BCUT2D eigenvalue weighted by Gasteiger charge is -2.22. The van der Waals surface area contributed by atoms with Crippen LogP contribution in [0.15, 0.2) is 53.7 Å². The van der Waals surface area contributed by atoms with Crippen LogP contribution in [0.2, 0.25) is 0 Å². The first-order chi connectivity index (χ1) is 15.5. The van der Waals surface area contributed by atoms with Gasteiger partial charge in [-0.05, 0) is 23.5 Å². The number of fused-ring (bicyclic) bond motifs is 3. The van der Waals surface area contributed by atoms with Crippen LogP contribution in [0.3, 0.4) is 0 Å². The van der Waals surface area contributed by atoms with Crippen LogP contribution in [-0.4, -0.2) is 20.9 Å². The van der Waals surface area contributed by atoms with Gasteiger partial charge in [0.05, 0.1) is 0 Å². The van der Waals surface area contributed by atoms with E-state index in [2.05, 4.69) is 67.5 Å². The zero-order valence-corrected chi connectivity index (χ0v) is 20.2. The van der Waals surface area contributed by atoms with E-state index in [9.17, 15) is 0 Å². The fourth-order valence-corrected chi connectivity index (χ4v) is 4.49. The third-order valence-electron chi connectivity index (χ3n) is 5.64. The van der Waals surface area contributed by atoms with Crippen molar-refractivity contribution in [2.24, 2.45) is 0 Å². The van der Waals surface area contributed by atoms with Crippen molar-refractivity contribution >= 4 is 17.4 Å². The van der Waals surface area contributed by atoms with Crippen molar-refractivity contribution in [2.45, 2.75) is 70.2 Å². The summed E-state index contributed by atoms with van der Waals surface area (Å²) >= 11 is 1.65. The quantitative estimate of drug-likeness (QED) is 0.310. The summed E-state index contributed by atoms with van der Waals surface area (Å²) in [6, 6.07) is 16.7. The monoisotopic (exact) mass is 448 g/mol. The SMILES string of the molecule is CCCCCCSc1nnc2c(n1)OC(c1ccc(C(C)(C)C)cc1)Nc1ccccc1-2. The largest absolute Gasteiger partial charge is 0.448 e. The van der Waals surface area contributed by atoms with Crippen molar-refractivity contribution < 1.29 is 4.74 Å². The molecule has 0 fully saturated rings. The van der Waals surface area contributed by atoms with Crippen molar-refractivity contribution in [1.82, 2.24) is 15.2 Å². The highest BCUT2D eigenvalue weighted by atomic mass is 32.2. The fraction of sp³-hybridized carbons (Fsp3) is 0.423. The van der Waals surface area contributed by atoms with E-state index in [1.54, 1.807) is 11.8 Å². The van der Waals surface area contributed by atoms with Crippen LogP contribution in [0.1, 0.15) is 70.7 Å². The van der Waals surface area contributed by atoms with Gasteiger partial charge in [0, 0.05) is 22.6 Å². The predicted octanol–water partition coefficient (Wildman–Crippen LogP) is 7.01. The minimum absolute atomic E-state index is 0.107. The summed E-state index contributed by atoms with van der Waals surface area (Å²) in [4.78, 5) is 4.75. The van der Waals surface area contributed by atoms with Crippen LogP contribution in [0.4, 0.5) is 5.69 Å². The number of anilines is 1. The van der Waals surface area contributed by atoms with Gasteiger partial charge in [-0.2, -0.15) is 4.98 Å². The molecule has 5 nitrogen and oxygen atoms in total. The average Bonchev–Trinajstić information content (AvgIpc) is 2.95. The molecular formula is C26H32N4OS. The van der Waals surface area contributed by atoms with Gasteiger partial charge in [-0.1, -0.05) is 101 Å². The first-order valence-electron chi connectivity index (χ1n) is 11.5. The lowest BCUT2D eigenvalue weighted by Crippen LogP contribution is -2.18. The first-order valence-corrected chi connectivity index (χ1v) is 12.4. The molecule has 1 aliphatic rings. The number of para-hydroxylation sites is 1. The topological polar surface area (TPSA) is 59.9 Å². The molecule has 1 atom stereocenters. The molecule has 0 saturated heterocycles. The van der Waals surface area contributed by atoms with Crippen LogP contribution < -0.4 is 10.1 Å². The number of hydrogen-bond acceptors (Lipinski definition) is 6. The fourth-order valence-electron chi connectivity index (χ4n) is 3.71. The lowest BCUT2D eigenvalue weighted by molar-refractivity contribution is 0.225. The average molecular weight is 449 g/mol. The predicted molar refractivity (Wildman–Crippen MR) is 132 cm³/mol. The molecule has 0 aliphatic carbocycles. The number of thioether (sulfide) groups is 1. The van der Waals surface area contributed by atoms with E-state index in [1.807, 2.05) is 24.3 Å². The Balaban J connectivity index is 1.62. The highest BCUT2D eigenvalue weighted by molar-refractivity contribution is 7.99. The first kappa shape index (κ1) is 22.6. The highest BCUT2D eigenvalue weighted by Crippen LogP contribution is 2.39. The van der Waals surface area contributed by atoms with Crippen molar-refractivity contribution in [3.63, 3.8) is 0 Å².